The van der Waals surface area contributed by atoms with Crippen LogP contribution in [0.3, 0.4) is 0 Å². The molecule has 1 aliphatic heterocycles. The third-order valence-electron chi connectivity index (χ3n) is 5.41. The minimum Gasteiger partial charge on any atom is -0.481 e. The first kappa shape index (κ1) is 19.4. The molecule has 152 valence electrons. The molecule has 0 aromatic heterocycles. The number of nitrogens with zero attached hydrogens (tertiary/aromatic N) is 1. The zero-order chi connectivity index (χ0) is 20.8. The highest BCUT2D eigenvalue weighted by Crippen LogP contribution is 2.44. The Kier molecular flexibility index (Phi) is 4.79. The largest absolute Gasteiger partial charge is 0.481 e. The first-order valence-electron chi connectivity index (χ1n) is 9.08. The lowest BCUT2D eigenvalue weighted by molar-refractivity contribution is -0.142. The van der Waals surface area contributed by atoms with E-state index in [2.05, 4.69) is 4.18 Å². The molecule has 1 saturated heterocycles. The highest BCUT2D eigenvalue weighted by Gasteiger charge is 2.48. The summed E-state index contributed by atoms with van der Waals surface area (Å²) in [5, 5.41) is 9.20. The fraction of sp³-hybridized carbons (Fsp3) is 0.300. The molecular weight excluding hydrogens is 398 g/mol. The highest BCUT2D eigenvalue weighted by atomic mass is 32.2. The number of aliphatic carboxylic acids is 1. The Balaban J connectivity index is 1.57. The molecule has 4 rings (SSSR count). The summed E-state index contributed by atoms with van der Waals surface area (Å²) in [6.45, 7) is 0.827. The molecule has 8 nitrogen and oxygen atoms in total. The molecule has 1 N–H and O–H groups in total. The molecule has 0 saturated carbocycles. The van der Waals surface area contributed by atoms with Crippen LogP contribution in [-0.2, 0) is 24.0 Å². The van der Waals surface area contributed by atoms with Crippen molar-refractivity contribution < 1.29 is 32.0 Å². The van der Waals surface area contributed by atoms with E-state index >= 15 is 0 Å². The van der Waals surface area contributed by atoms with Gasteiger partial charge in [-0.05, 0) is 29.2 Å². The Morgan fingerprint density at radius 1 is 1.14 bits per heavy atom. The van der Waals surface area contributed by atoms with E-state index in [1.54, 1.807) is 0 Å². The van der Waals surface area contributed by atoms with Gasteiger partial charge in [-0.15, -0.1) is 0 Å². The summed E-state index contributed by atoms with van der Waals surface area (Å²) in [5.41, 5.74) is 4.05. The number of fused-ring (bicyclic) bond motifs is 3. The van der Waals surface area contributed by atoms with Crippen LogP contribution in [0.4, 0.5) is 4.79 Å². The first-order chi connectivity index (χ1) is 13.8. The van der Waals surface area contributed by atoms with Crippen molar-refractivity contribution in [1.82, 2.24) is 4.31 Å². The van der Waals surface area contributed by atoms with E-state index in [4.69, 9.17) is 4.74 Å². The van der Waals surface area contributed by atoms with Crippen molar-refractivity contribution in [2.75, 3.05) is 13.2 Å². The zero-order valence-corrected chi connectivity index (χ0v) is 16.3. The third-order valence-corrected chi connectivity index (χ3v) is 6.75. The molecule has 1 amide bonds. The van der Waals surface area contributed by atoms with Crippen molar-refractivity contribution in [2.24, 2.45) is 5.92 Å². The Bertz CT molecular complexity index is 1040. The number of carboxylic acids is 1. The number of amides is 1. The van der Waals surface area contributed by atoms with Crippen LogP contribution in [0, 0.1) is 5.92 Å². The molecule has 2 aliphatic rings. The second-order valence-corrected chi connectivity index (χ2v) is 8.52. The number of carboxylic acid groups (broad SMARTS) is 1. The molecule has 0 spiro atoms. The van der Waals surface area contributed by atoms with E-state index in [0.29, 0.717) is 4.31 Å². The SMILES string of the molecule is CC(C(=O)O)C1COS(=O)(=O)N1C(=O)OCC1c2ccccc2-c2ccccc21. The summed E-state index contributed by atoms with van der Waals surface area (Å²) in [5.74, 6) is -2.60. The molecule has 2 aromatic rings. The number of hydrogen-bond donors (Lipinski definition) is 1. The molecule has 0 radical (unpaired) electrons. The average Bonchev–Trinajstić information content (AvgIpc) is 3.19. The Hall–Kier alpha value is -2.91. The van der Waals surface area contributed by atoms with E-state index in [0.717, 1.165) is 22.3 Å². The maximum Gasteiger partial charge on any atom is 0.425 e. The minimum atomic E-state index is -4.39. The van der Waals surface area contributed by atoms with E-state index < -0.39 is 40.9 Å². The van der Waals surface area contributed by atoms with E-state index in [-0.39, 0.29) is 12.5 Å². The molecule has 0 bridgehead atoms. The fourth-order valence-electron chi connectivity index (χ4n) is 3.84. The van der Waals surface area contributed by atoms with Crippen LogP contribution in [0.1, 0.15) is 24.0 Å². The molecule has 2 aromatic carbocycles. The van der Waals surface area contributed by atoms with Crippen molar-refractivity contribution in [3.63, 3.8) is 0 Å². The standard InChI is InChI=1S/C20H19NO7S/c1-12(19(22)23)18-11-28-29(25,26)21(18)20(24)27-10-17-15-8-4-2-6-13(15)14-7-3-5-9-16(14)17/h2-9,12,17-18H,10-11H2,1H3,(H,22,23). The van der Waals surface area contributed by atoms with Gasteiger partial charge in [0.2, 0.25) is 0 Å². The predicted molar refractivity (Wildman–Crippen MR) is 102 cm³/mol. The van der Waals surface area contributed by atoms with Crippen LogP contribution in [-0.4, -0.2) is 49.1 Å². The van der Waals surface area contributed by atoms with Crippen molar-refractivity contribution >= 4 is 22.4 Å². The molecule has 1 fully saturated rings. The molecule has 2 unspecified atom stereocenters. The van der Waals surface area contributed by atoms with Crippen LogP contribution >= 0.6 is 0 Å². The predicted octanol–water partition coefficient (Wildman–Crippen LogP) is 2.60. The molecule has 9 heteroatoms. The number of hydrogen-bond acceptors (Lipinski definition) is 6. The second kappa shape index (κ2) is 7.16. The highest BCUT2D eigenvalue weighted by molar-refractivity contribution is 7.85. The lowest BCUT2D eigenvalue weighted by Crippen LogP contribution is -2.45. The van der Waals surface area contributed by atoms with Gasteiger partial charge in [0.15, 0.2) is 0 Å². The van der Waals surface area contributed by atoms with Crippen LogP contribution in [0.15, 0.2) is 48.5 Å². The van der Waals surface area contributed by atoms with Gasteiger partial charge in [0.05, 0.1) is 18.6 Å². The normalized spacial score (nSPS) is 20.7. The molecular formula is C20H19NO7S. The number of rotatable bonds is 4. The van der Waals surface area contributed by atoms with Gasteiger partial charge in [0.25, 0.3) is 0 Å². The lowest BCUT2D eigenvalue weighted by Gasteiger charge is -2.23. The summed E-state index contributed by atoms with van der Waals surface area (Å²) in [6.07, 6.45) is -1.14. The van der Waals surface area contributed by atoms with Gasteiger partial charge < -0.3 is 9.84 Å². The van der Waals surface area contributed by atoms with Crippen LogP contribution in [0.2, 0.25) is 0 Å². The van der Waals surface area contributed by atoms with Crippen molar-refractivity contribution in [1.29, 1.82) is 0 Å². The Labute approximate surface area is 167 Å². The van der Waals surface area contributed by atoms with Gasteiger partial charge in [-0.2, -0.15) is 12.7 Å². The second-order valence-electron chi connectivity index (χ2n) is 7.04. The van der Waals surface area contributed by atoms with Gasteiger partial charge >= 0.3 is 22.4 Å². The van der Waals surface area contributed by atoms with Crippen molar-refractivity contribution in [3.05, 3.63) is 59.7 Å². The Morgan fingerprint density at radius 3 is 2.24 bits per heavy atom. The van der Waals surface area contributed by atoms with E-state index in [1.807, 2.05) is 48.5 Å². The summed E-state index contributed by atoms with van der Waals surface area (Å²) in [7, 11) is -4.39. The monoisotopic (exact) mass is 417 g/mol. The van der Waals surface area contributed by atoms with Gasteiger partial charge in [-0.25, -0.2) is 4.79 Å². The van der Waals surface area contributed by atoms with Gasteiger partial charge in [-0.1, -0.05) is 48.5 Å². The van der Waals surface area contributed by atoms with Gasteiger partial charge in [0.1, 0.15) is 6.61 Å². The fourth-order valence-corrected chi connectivity index (χ4v) is 5.08. The maximum absolute atomic E-state index is 12.6. The molecule has 1 heterocycles. The molecule has 29 heavy (non-hydrogen) atoms. The van der Waals surface area contributed by atoms with Gasteiger partial charge in [-0.3, -0.25) is 8.98 Å². The van der Waals surface area contributed by atoms with Crippen molar-refractivity contribution in [2.45, 2.75) is 18.9 Å². The van der Waals surface area contributed by atoms with Crippen molar-refractivity contribution in [3.8, 4) is 11.1 Å². The number of benzene rings is 2. The van der Waals surface area contributed by atoms with Crippen LogP contribution in [0.5, 0.6) is 0 Å². The molecule has 1 aliphatic carbocycles. The van der Waals surface area contributed by atoms with Crippen LogP contribution < -0.4 is 0 Å². The number of carbonyl (C=O) groups is 2. The minimum absolute atomic E-state index is 0.0763. The quantitative estimate of drug-likeness (QED) is 0.814. The van der Waals surface area contributed by atoms with E-state index in [9.17, 15) is 23.1 Å². The van der Waals surface area contributed by atoms with Crippen LogP contribution in [0.25, 0.3) is 11.1 Å². The summed E-state index contributed by atoms with van der Waals surface area (Å²) < 4.78 is 34.7. The third kappa shape index (κ3) is 3.26. The number of ether oxygens (including phenoxy) is 1. The maximum atomic E-state index is 12.6. The summed E-state index contributed by atoms with van der Waals surface area (Å²) in [4.78, 5) is 23.9. The van der Waals surface area contributed by atoms with E-state index in [1.165, 1.54) is 6.92 Å². The lowest BCUT2D eigenvalue weighted by atomic mass is 9.98. The first-order valence-corrected chi connectivity index (χ1v) is 10.4. The molecule has 2 atom stereocenters. The number of carbonyl (C=O) groups excluding carboxylic acids is 1. The Morgan fingerprint density at radius 2 is 1.69 bits per heavy atom. The topological polar surface area (TPSA) is 110 Å². The zero-order valence-electron chi connectivity index (χ0n) is 15.5. The summed E-state index contributed by atoms with van der Waals surface area (Å²) in [6, 6.07) is 14.3. The smallest absolute Gasteiger partial charge is 0.425 e. The summed E-state index contributed by atoms with van der Waals surface area (Å²) >= 11 is 0. The average molecular weight is 417 g/mol. The van der Waals surface area contributed by atoms with Gasteiger partial charge in [0, 0.05) is 5.92 Å².